The third-order valence-corrected chi connectivity index (χ3v) is 11.6. The van der Waals surface area contributed by atoms with Crippen LogP contribution in [-0.2, 0) is 0 Å². The molecule has 0 fully saturated rings. The summed E-state index contributed by atoms with van der Waals surface area (Å²) in [5.74, 6) is 0. The van der Waals surface area contributed by atoms with Crippen molar-refractivity contribution in [1.29, 1.82) is 0 Å². The lowest BCUT2D eigenvalue weighted by Crippen LogP contribution is -2.01. The molecule has 1 atom stereocenters. The fourth-order valence-electron chi connectivity index (χ4n) is 7.16. The van der Waals surface area contributed by atoms with Crippen molar-refractivity contribution < 1.29 is 0 Å². The van der Waals surface area contributed by atoms with Crippen molar-refractivity contribution in [2.75, 3.05) is 5.32 Å². The van der Waals surface area contributed by atoms with Crippen molar-refractivity contribution in [3.8, 4) is 16.8 Å². The topological polar surface area (TPSA) is 17.0 Å². The lowest BCUT2D eigenvalue weighted by atomic mass is 9.97. The quantitative estimate of drug-likeness (QED) is 0.214. The van der Waals surface area contributed by atoms with Crippen LogP contribution in [0.25, 0.3) is 69.6 Å². The van der Waals surface area contributed by atoms with Crippen LogP contribution in [0.15, 0.2) is 150 Å². The summed E-state index contributed by atoms with van der Waals surface area (Å²) < 4.78 is 5.10. The summed E-state index contributed by atoms with van der Waals surface area (Å²) >= 11 is 3.79. The van der Waals surface area contributed by atoms with E-state index < -0.39 is 0 Å². The molecule has 1 aliphatic rings. The van der Waals surface area contributed by atoms with Gasteiger partial charge in [0, 0.05) is 41.5 Å². The van der Waals surface area contributed by atoms with E-state index in [4.69, 9.17) is 0 Å². The highest BCUT2D eigenvalue weighted by molar-refractivity contribution is 8.00. The van der Waals surface area contributed by atoms with Gasteiger partial charge in [-0.15, -0.1) is 11.3 Å². The highest BCUT2D eigenvalue weighted by Crippen LogP contribution is 2.52. The zero-order valence-corrected chi connectivity index (χ0v) is 25.8. The van der Waals surface area contributed by atoms with E-state index in [0.717, 1.165) is 0 Å². The van der Waals surface area contributed by atoms with E-state index >= 15 is 0 Å². The van der Waals surface area contributed by atoms with Crippen LogP contribution in [0, 0.1) is 0 Å². The number of nitrogens with one attached hydrogen (secondary N) is 1. The van der Waals surface area contributed by atoms with Gasteiger partial charge in [0.05, 0.1) is 16.7 Å². The van der Waals surface area contributed by atoms with Crippen molar-refractivity contribution in [1.82, 2.24) is 4.57 Å². The standard InChI is InChI=1S/C41H26N2S2/c1-2-11-29(12-3-1)43-33-15-8-14-30(38(33)32-23-27-9-4-5-10-28(27)24-34(32)43)25-17-19-26(20-18-25)41-42-40-37(45-41)22-21-36-39(40)31-13-6-7-16-35(31)44-36/h1-24,41-42H. The van der Waals surface area contributed by atoms with Crippen molar-refractivity contribution in [3.63, 3.8) is 0 Å². The van der Waals surface area contributed by atoms with Crippen LogP contribution in [0.4, 0.5) is 5.69 Å². The fourth-order valence-corrected chi connectivity index (χ4v) is 9.43. The molecule has 0 amide bonds. The molecular weight excluding hydrogens is 585 g/mol. The molecule has 45 heavy (non-hydrogen) atoms. The Kier molecular flexibility index (Phi) is 5.48. The predicted octanol–water partition coefficient (Wildman–Crippen LogP) is 12.2. The van der Waals surface area contributed by atoms with Crippen LogP contribution in [0.3, 0.4) is 0 Å². The van der Waals surface area contributed by atoms with Crippen molar-refractivity contribution >= 4 is 81.5 Å². The number of anilines is 1. The Balaban J connectivity index is 1.09. The minimum absolute atomic E-state index is 0.181. The first-order valence-electron chi connectivity index (χ1n) is 15.3. The summed E-state index contributed by atoms with van der Waals surface area (Å²) in [6, 6.07) is 53.4. The molecule has 10 rings (SSSR count). The lowest BCUT2D eigenvalue weighted by molar-refractivity contribution is 1.14. The van der Waals surface area contributed by atoms with Crippen LogP contribution in [0.1, 0.15) is 10.9 Å². The van der Waals surface area contributed by atoms with Crippen LogP contribution < -0.4 is 5.32 Å². The first kappa shape index (κ1) is 25.3. The number of benzene rings is 7. The van der Waals surface area contributed by atoms with Gasteiger partial charge in [-0.3, -0.25) is 0 Å². The van der Waals surface area contributed by atoms with Crippen LogP contribution in [0.5, 0.6) is 0 Å². The van der Waals surface area contributed by atoms with Crippen LogP contribution in [-0.4, -0.2) is 4.57 Å². The molecule has 0 bridgehead atoms. The van der Waals surface area contributed by atoms with Gasteiger partial charge >= 0.3 is 0 Å². The number of thioether (sulfide) groups is 1. The molecule has 2 nitrogen and oxygen atoms in total. The molecule has 1 N–H and O–H groups in total. The number of aromatic nitrogens is 1. The van der Waals surface area contributed by atoms with Gasteiger partial charge < -0.3 is 9.88 Å². The van der Waals surface area contributed by atoms with Gasteiger partial charge in [-0.05, 0) is 76.0 Å². The lowest BCUT2D eigenvalue weighted by Gasteiger charge is -2.13. The Labute approximate surface area is 268 Å². The molecule has 0 saturated heterocycles. The van der Waals surface area contributed by atoms with E-state index in [1.165, 1.54) is 85.7 Å². The second kappa shape index (κ2) is 9.73. The number of hydrogen-bond acceptors (Lipinski definition) is 3. The molecule has 0 aliphatic carbocycles. The SMILES string of the molecule is c1ccc(-n2c3cc4ccccc4cc3c3c(-c4ccc(C5Nc6c(ccc7sc8ccccc8c67)S5)cc4)cccc32)cc1. The maximum absolute atomic E-state index is 3.89. The molecule has 3 heterocycles. The van der Waals surface area contributed by atoms with Crippen LogP contribution in [0.2, 0.25) is 0 Å². The maximum Gasteiger partial charge on any atom is 0.103 e. The van der Waals surface area contributed by atoms with Crippen molar-refractivity contribution in [3.05, 3.63) is 151 Å². The van der Waals surface area contributed by atoms with E-state index in [1.807, 2.05) is 23.1 Å². The van der Waals surface area contributed by atoms with E-state index in [9.17, 15) is 0 Å². The molecule has 7 aromatic carbocycles. The van der Waals surface area contributed by atoms with E-state index in [0.29, 0.717) is 0 Å². The molecule has 9 aromatic rings. The summed E-state index contributed by atoms with van der Waals surface area (Å²) in [5, 5.41) is 11.9. The number of thiophene rings is 1. The summed E-state index contributed by atoms with van der Waals surface area (Å²) in [6.45, 7) is 0. The number of para-hydroxylation sites is 1. The second-order valence-corrected chi connectivity index (χ2v) is 14.0. The van der Waals surface area contributed by atoms with Gasteiger partial charge in [-0.1, -0.05) is 109 Å². The largest absolute Gasteiger partial charge is 0.368 e. The Hall–Kier alpha value is -5.03. The third kappa shape index (κ3) is 3.83. The Morgan fingerprint density at radius 3 is 2.20 bits per heavy atom. The van der Waals surface area contributed by atoms with Crippen molar-refractivity contribution in [2.45, 2.75) is 10.3 Å². The first-order chi connectivity index (χ1) is 22.3. The summed E-state index contributed by atoms with van der Waals surface area (Å²) in [7, 11) is 0. The average molecular weight is 611 g/mol. The second-order valence-electron chi connectivity index (χ2n) is 11.8. The highest BCUT2D eigenvalue weighted by atomic mass is 32.2. The zero-order valence-electron chi connectivity index (χ0n) is 24.2. The Bertz CT molecular complexity index is 2590. The van der Waals surface area contributed by atoms with E-state index in [-0.39, 0.29) is 5.37 Å². The maximum atomic E-state index is 3.89. The molecule has 1 aliphatic heterocycles. The number of rotatable bonds is 3. The van der Waals surface area contributed by atoms with Gasteiger partial charge in [0.2, 0.25) is 0 Å². The van der Waals surface area contributed by atoms with Gasteiger partial charge in [0.1, 0.15) is 5.37 Å². The summed E-state index contributed by atoms with van der Waals surface area (Å²) in [4.78, 5) is 1.32. The average Bonchev–Trinajstić information content (AvgIpc) is 3.79. The van der Waals surface area contributed by atoms with Gasteiger partial charge in [0.25, 0.3) is 0 Å². The minimum atomic E-state index is 0.181. The number of fused-ring (bicyclic) bond motifs is 9. The number of nitrogens with zero attached hydrogens (tertiary/aromatic N) is 1. The normalized spacial score (nSPS) is 14.5. The fraction of sp³-hybridized carbons (Fsp3) is 0.0244. The summed E-state index contributed by atoms with van der Waals surface area (Å²) in [6.07, 6.45) is 0. The Morgan fingerprint density at radius 2 is 1.33 bits per heavy atom. The molecule has 0 spiro atoms. The smallest absolute Gasteiger partial charge is 0.103 e. The molecule has 0 saturated carbocycles. The zero-order chi connectivity index (χ0) is 29.5. The van der Waals surface area contributed by atoms with Crippen molar-refractivity contribution in [2.24, 2.45) is 0 Å². The molecule has 4 heteroatoms. The summed E-state index contributed by atoms with van der Waals surface area (Å²) in [5.41, 5.74) is 8.69. The minimum Gasteiger partial charge on any atom is -0.368 e. The van der Waals surface area contributed by atoms with Gasteiger partial charge in [-0.2, -0.15) is 0 Å². The predicted molar refractivity (Wildman–Crippen MR) is 195 cm³/mol. The molecule has 1 unspecified atom stereocenters. The third-order valence-electron chi connectivity index (χ3n) is 9.22. The monoisotopic (exact) mass is 610 g/mol. The first-order valence-corrected chi connectivity index (χ1v) is 17.0. The Morgan fingerprint density at radius 1 is 0.556 bits per heavy atom. The van der Waals surface area contributed by atoms with E-state index in [1.54, 1.807) is 0 Å². The molecule has 212 valence electrons. The van der Waals surface area contributed by atoms with E-state index in [2.05, 4.69) is 155 Å². The van der Waals surface area contributed by atoms with Crippen LogP contribution >= 0.6 is 23.1 Å². The molecule has 0 radical (unpaired) electrons. The molecule has 2 aromatic heterocycles. The number of hydrogen-bond donors (Lipinski definition) is 1. The van der Waals surface area contributed by atoms with Gasteiger partial charge in [0.15, 0.2) is 0 Å². The molecular formula is C41H26N2S2. The van der Waals surface area contributed by atoms with Gasteiger partial charge in [-0.25, -0.2) is 0 Å². The highest BCUT2D eigenvalue weighted by Gasteiger charge is 2.26.